The number of benzene rings is 1. The second kappa shape index (κ2) is 5.21. The van der Waals surface area contributed by atoms with Gasteiger partial charge in [0.1, 0.15) is 23.2 Å². The van der Waals surface area contributed by atoms with Crippen molar-refractivity contribution >= 4 is 22.6 Å². The monoisotopic (exact) mass is 345 g/mol. The van der Waals surface area contributed by atoms with Crippen molar-refractivity contribution in [2.45, 2.75) is 35.5 Å². The van der Waals surface area contributed by atoms with Crippen molar-refractivity contribution in [3.63, 3.8) is 0 Å². The molecule has 1 aromatic rings. The molecule has 2 nitrogen and oxygen atoms in total. The van der Waals surface area contributed by atoms with Gasteiger partial charge in [0.15, 0.2) is 0 Å². The molecule has 1 aromatic carbocycles. The third-order valence-corrected chi connectivity index (χ3v) is 4.58. The number of aromatic hydroxyl groups is 1. The van der Waals surface area contributed by atoms with Gasteiger partial charge in [-0.2, -0.15) is 5.26 Å². The van der Waals surface area contributed by atoms with Gasteiger partial charge in [0.05, 0.1) is 0 Å². The van der Waals surface area contributed by atoms with E-state index in [9.17, 15) is 9.50 Å². The smallest absolute Gasteiger partial charge is 0.145 e. The van der Waals surface area contributed by atoms with Gasteiger partial charge in [-0.15, -0.1) is 0 Å². The SMILES string of the molecule is N#Cc1c(O)cc(C2CCC(I)CC2)cc1F. The quantitative estimate of drug-likeness (QED) is 0.620. The lowest BCUT2D eigenvalue weighted by Crippen LogP contribution is -2.12. The predicted octanol–water partition coefficient (Wildman–Crippen LogP) is 3.86. The molecule has 1 aliphatic carbocycles. The van der Waals surface area contributed by atoms with Gasteiger partial charge in [-0.1, -0.05) is 22.6 Å². The summed E-state index contributed by atoms with van der Waals surface area (Å²) in [6.45, 7) is 0. The van der Waals surface area contributed by atoms with Gasteiger partial charge in [0, 0.05) is 3.92 Å². The largest absolute Gasteiger partial charge is 0.506 e. The number of hydrogen-bond acceptors (Lipinski definition) is 2. The summed E-state index contributed by atoms with van der Waals surface area (Å²) in [6, 6.07) is 4.62. The summed E-state index contributed by atoms with van der Waals surface area (Å²) in [6.07, 6.45) is 4.32. The Morgan fingerprint density at radius 1 is 1.29 bits per heavy atom. The van der Waals surface area contributed by atoms with Crippen LogP contribution in [0.1, 0.15) is 42.7 Å². The Labute approximate surface area is 114 Å². The van der Waals surface area contributed by atoms with Crippen molar-refractivity contribution in [3.8, 4) is 11.8 Å². The zero-order valence-electron chi connectivity index (χ0n) is 9.29. The average Bonchev–Trinajstić information content (AvgIpc) is 2.29. The fourth-order valence-corrected chi connectivity index (χ4v) is 3.06. The Hall–Kier alpha value is -0.830. The maximum Gasteiger partial charge on any atom is 0.145 e. The number of alkyl halides is 1. The van der Waals surface area contributed by atoms with E-state index in [-0.39, 0.29) is 11.3 Å². The number of halogens is 2. The molecule has 0 heterocycles. The zero-order chi connectivity index (χ0) is 12.4. The molecule has 2 rings (SSSR count). The van der Waals surface area contributed by atoms with Gasteiger partial charge in [0.2, 0.25) is 0 Å². The second-order valence-corrected chi connectivity index (χ2v) is 6.22. The summed E-state index contributed by atoms with van der Waals surface area (Å²) < 4.78 is 14.3. The van der Waals surface area contributed by atoms with Crippen molar-refractivity contribution in [3.05, 3.63) is 29.1 Å². The zero-order valence-corrected chi connectivity index (χ0v) is 11.4. The summed E-state index contributed by atoms with van der Waals surface area (Å²) in [5.74, 6) is -0.535. The maximum absolute atomic E-state index is 13.6. The Morgan fingerprint density at radius 2 is 1.94 bits per heavy atom. The molecule has 1 aliphatic rings. The highest BCUT2D eigenvalue weighted by atomic mass is 127. The molecule has 1 saturated carbocycles. The third-order valence-electron chi connectivity index (χ3n) is 3.33. The fourth-order valence-electron chi connectivity index (χ4n) is 2.34. The molecule has 90 valence electrons. The van der Waals surface area contributed by atoms with Gasteiger partial charge in [-0.25, -0.2) is 4.39 Å². The van der Waals surface area contributed by atoms with Gasteiger partial charge < -0.3 is 5.11 Å². The Morgan fingerprint density at radius 3 is 2.47 bits per heavy atom. The van der Waals surface area contributed by atoms with Gasteiger partial charge in [0.25, 0.3) is 0 Å². The first kappa shape index (κ1) is 12.6. The number of nitriles is 1. The second-order valence-electron chi connectivity index (χ2n) is 4.46. The molecule has 0 atom stereocenters. The topological polar surface area (TPSA) is 44.0 Å². The van der Waals surface area contributed by atoms with Gasteiger partial charge in [-0.05, 0) is 49.3 Å². The van der Waals surface area contributed by atoms with Crippen molar-refractivity contribution in [2.24, 2.45) is 0 Å². The molecular formula is C13H13FINO. The molecule has 0 spiro atoms. The number of rotatable bonds is 1. The lowest BCUT2D eigenvalue weighted by atomic mass is 9.83. The summed E-state index contributed by atoms with van der Waals surface area (Å²) in [5, 5.41) is 18.3. The Kier molecular flexibility index (Phi) is 3.87. The van der Waals surface area contributed by atoms with E-state index in [1.54, 1.807) is 12.1 Å². The highest BCUT2D eigenvalue weighted by Crippen LogP contribution is 2.37. The van der Waals surface area contributed by atoms with E-state index in [4.69, 9.17) is 5.26 Å². The minimum absolute atomic E-state index is 0.237. The average molecular weight is 345 g/mol. The van der Waals surface area contributed by atoms with Crippen LogP contribution in [-0.4, -0.2) is 9.03 Å². The van der Waals surface area contributed by atoms with Gasteiger partial charge >= 0.3 is 0 Å². The number of nitrogens with zero attached hydrogens (tertiary/aromatic N) is 1. The fraction of sp³-hybridized carbons (Fsp3) is 0.462. The van der Waals surface area contributed by atoms with Crippen LogP contribution in [0, 0.1) is 17.1 Å². The normalized spacial score (nSPS) is 24.3. The third kappa shape index (κ3) is 2.71. The summed E-state index contributed by atoms with van der Waals surface area (Å²) >= 11 is 2.44. The van der Waals surface area contributed by atoms with Crippen LogP contribution in [0.5, 0.6) is 5.75 Å². The van der Waals surface area contributed by atoms with Crippen LogP contribution in [0.15, 0.2) is 12.1 Å². The van der Waals surface area contributed by atoms with Crippen LogP contribution < -0.4 is 0 Å². The van der Waals surface area contributed by atoms with Crippen molar-refractivity contribution in [1.29, 1.82) is 5.26 Å². The van der Waals surface area contributed by atoms with Crippen molar-refractivity contribution < 1.29 is 9.50 Å². The van der Waals surface area contributed by atoms with E-state index in [1.165, 1.54) is 6.07 Å². The lowest BCUT2D eigenvalue weighted by Gasteiger charge is -2.25. The standard InChI is InChI=1S/C13H13FINO/c14-12-5-9(6-13(17)11(12)7-16)8-1-3-10(15)4-2-8/h5-6,8,10,17H,1-4H2. The molecule has 0 unspecified atom stereocenters. The predicted molar refractivity (Wildman–Crippen MR) is 71.8 cm³/mol. The van der Waals surface area contributed by atoms with E-state index in [2.05, 4.69) is 22.6 Å². The summed E-state index contributed by atoms with van der Waals surface area (Å²) in [4.78, 5) is 0. The molecule has 17 heavy (non-hydrogen) atoms. The number of phenolic OH excluding ortho intramolecular Hbond substituents is 1. The molecule has 0 amide bonds. The Balaban J connectivity index is 2.26. The first-order valence-electron chi connectivity index (χ1n) is 5.68. The van der Waals surface area contributed by atoms with E-state index in [1.807, 2.05) is 0 Å². The molecule has 0 bridgehead atoms. The van der Waals surface area contributed by atoms with Crippen molar-refractivity contribution in [2.75, 3.05) is 0 Å². The van der Waals surface area contributed by atoms with E-state index >= 15 is 0 Å². The molecule has 1 N–H and O–H groups in total. The Bertz CT molecular complexity index is 438. The van der Waals surface area contributed by atoms with E-state index in [0.717, 1.165) is 31.2 Å². The van der Waals surface area contributed by atoms with Gasteiger partial charge in [-0.3, -0.25) is 0 Å². The minimum atomic E-state index is -0.612. The van der Waals surface area contributed by atoms with E-state index in [0.29, 0.717) is 9.84 Å². The lowest BCUT2D eigenvalue weighted by molar-refractivity contribution is 0.445. The molecule has 4 heteroatoms. The van der Waals surface area contributed by atoms with Crippen molar-refractivity contribution in [1.82, 2.24) is 0 Å². The van der Waals surface area contributed by atoms with Crippen LogP contribution >= 0.6 is 22.6 Å². The highest BCUT2D eigenvalue weighted by Gasteiger charge is 2.22. The molecule has 0 radical (unpaired) electrons. The van der Waals surface area contributed by atoms with Crippen LogP contribution in [0.3, 0.4) is 0 Å². The molecular weight excluding hydrogens is 332 g/mol. The number of phenols is 1. The van der Waals surface area contributed by atoms with E-state index < -0.39 is 5.82 Å². The molecule has 0 aromatic heterocycles. The first-order valence-corrected chi connectivity index (χ1v) is 6.93. The van der Waals surface area contributed by atoms with Crippen LogP contribution in [0.2, 0.25) is 0 Å². The number of hydrogen-bond donors (Lipinski definition) is 1. The highest BCUT2D eigenvalue weighted by molar-refractivity contribution is 14.1. The summed E-state index contributed by atoms with van der Waals surface area (Å²) in [5.41, 5.74) is 0.568. The molecule has 1 fully saturated rings. The summed E-state index contributed by atoms with van der Waals surface area (Å²) in [7, 11) is 0. The minimum Gasteiger partial charge on any atom is -0.506 e. The first-order chi connectivity index (χ1) is 8.11. The maximum atomic E-state index is 13.6. The molecule has 0 saturated heterocycles. The molecule has 0 aliphatic heterocycles. The van der Waals surface area contributed by atoms with Crippen LogP contribution in [0.4, 0.5) is 4.39 Å². The van der Waals surface area contributed by atoms with Crippen LogP contribution in [-0.2, 0) is 0 Å². The van der Waals surface area contributed by atoms with Crippen LogP contribution in [0.25, 0.3) is 0 Å².